The summed E-state index contributed by atoms with van der Waals surface area (Å²) in [6.45, 7) is 10.4. The zero-order valence-electron chi connectivity index (χ0n) is 15.1. The smallest absolute Gasteiger partial charge is 0.141 e. The number of alkyl halides is 1. The van der Waals surface area contributed by atoms with Crippen molar-refractivity contribution in [3.63, 3.8) is 0 Å². The van der Waals surface area contributed by atoms with Crippen LogP contribution in [0.2, 0.25) is 0 Å². The van der Waals surface area contributed by atoms with Gasteiger partial charge in [0.15, 0.2) is 0 Å². The number of hydrogen-bond donors (Lipinski definition) is 0. The number of unbranched alkanes of at least 4 members (excludes halogenated alkanes) is 8. The van der Waals surface area contributed by atoms with Crippen LogP contribution in [-0.4, -0.2) is 28.2 Å². The summed E-state index contributed by atoms with van der Waals surface area (Å²) in [4.78, 5) is 0. The van der Waals surface area contributed by atoms with E-state index in [0.29, 0.717) is 4.05 Å². The van der Waals surface area contributed by atoms with Crippen LogP contribution in [0.25, 0.3) is 0 Å². The fourth-order valence-electron chi connectivity index (χ4n) is 2.99. The predicted octanol–water partition coefficient (Wildman–Crippen LogP) is 3.16. The molecule has 0 saturated heterocycles. The third kappa shape index (κ3) is 11.1. The Morgan fingerprint density at radius 3 is 1.59 bits per heavy atom. The van der Waals surface area contributed by atoms with Crippen LogP contribution in [0.1, 0.15) is 85.0 Å². The molecule has 0 aliphatic heterocycles. The number of hydrogen-bond acceptors (Lipinski definition) is 0. The highest BCUT2D eigenvalue weighted by molar-refractivity contribution is 14.1. The summed E-state index contributed by atoms with van der Waals surface area (Å²) in [5.41, 5.74) is 0. The second-order valence-corrected chi connectivity index (χ2v) is 8.23. The van der Waals surface area contributed by atoms with Gasteiger partial charge in [-0.3, -0.25) is 0 Å². The van der Waals surface area contributed by atoms with Crippen LogP contribution in [0.3, 0.4) is 0 Å². The maximum Gasteiger partial charge on any atom is 0.141 e. The normalized spacial score (nSPS) is 12.5. The van der Waals surface area contributed by atoms with Gasteiger partial charge >= 0.3 is 0 Å². The predicted molar refractivity (Wildman–Crippen MR) is 105 cm³/mol. The lowest BCUT2D eigenvalue weighted by atomic mass is 10.1. The second kappa shape index (κ2) is 16.4. The molecule has 0 aliphatic rings. The minimum absolute atomic E-state index is 0. The van der Waals surface area contributed by atoms with Gasteiger partial charge < -0.3 is 16.9 Å². The summed E-state index contributed by atoms with van der Waals surface area (Å²) in [6, 6.07) is 0. The molecule has 132 valence electrons. The van der Waals surface area contributed by atoms with Gasteiger partial charge in [0.2, 0.25) is 0 Å². The Bertz CT molecular complexity index is 259. The third-order valence-electron chi connectivity index (χ3n) is 4.57. The lowest BCUT2D eigenvalue weighted by Gasteiger charge is -2.40. The first kappa shape index (κ1) is 24.8. The van der Waals surface area contributed by atoms with Crippen molar-refractivity contribution in [2.75, 3.05) is 19.6 Å². The maximum atomic E-state index is 5.69. The SMILES string of the molecule is C#CC[N+](CCCCCCC)(CCCCCCC)C(C)I.[Cl-]. The molecule has 0 N–H and O–H groups in total. The van der Waals surface area contributed by atoms with Crippen LogP contribution in [0, 0.1) is 12.3 Å². The van der Waals surface area contributed by atoms with Crippen LogP contribution >= 0.6 is 22.6 Å². The van der Waals surface area contributed by atoms with Gasteiger partial charge in [0.1, 0.15) is 10.6 Å². The zero-order chi connectivity index (χ0) is 16.0. The summed E-state index contributed by atoms with van der Waals surface area (Å²) >= 11 is 2.59. The Kier molecular flexibility index (Phi) is 18.5. The first-order valence-corrected chi connectivity index (χ1v) is 10.3. The van der Waals surface area contributed by atoms with Crippen molar-refractivity contribution >= 4 is 22.6 Å². The van der Waals surface area contributed by atoms with E-state index in [1.165, 1.54) is 77.3 Å². The van der Waals surface area contributed by atoms with Gasteiger partial charge in [0.05, 0.1) is 13.1 Å². The molecule has 3 heteroatoms. The van der Waals surface area contributed by atoms with Crippen molar-refractivity contribution in [3.8, 4) is 12.3 Å². The van der Waals surface area contributed by atoms with E-state index in [0.717, 1.165) is 11.0 Å². The van der Waals surface area contributed by atoms with Crippen LogP contribution in [-0.2, 0) is 0 Å². The van der Waals surface area contributed by atoms with Gasteiger partial charge in [0, 0.05) is 0 Å². The molecule has 0 fully saturated rings. The summed E-state index contributed by atoms with van der Waals surface area (Å²) in [5, 5.41) is 0. The van der Waals surface area contributed by atoms with Crippen LogP contribution in [0.4, 0.5) is 0 Å². The molecule has 0 aromatic heterocycles. The van der Waals surface area contributed by atoms with E-state index in [1.807, 2.05) is 0 Å². The van der Waals surface area contributed by atoms with Crippen molar-refractivity contribution in [2.24, 2.45) is 0 Å². The van der Waals surface area contributed by atoms with E-state index >= 15 is 0 Å². The third-order valence-corrected chi connectivity index (χ3v) is 5.76. The maximum absolute atomic E-state index is 5.69. The molecule has 0 aromatic carbocycles. The molecule has 0 radical (unpaired) electrons. The fourth-order valence-corrected chi connectivity index (χ4v) is 3.75. The first-order chi connectivity index (χ1) is 10.1. The first-order valence-electron chi connectivity index (χ1n) is 9.06. The monoisotopic (exact) mass is 441 g/mol. The van der Waals surface area contributed by atoms with Gasteiger partial charge in [-0.25, -0.2) is 0 Å². The Labute approximate surface area is 160 Å². The van der Waals surface area contributed by atoms with Crippen LogP contribution < -0.4 is 12.4 Å². The molecule has 1 nitrogen and oxygen atoms in total. The topological polar surface area (TPSA) is 0 Å². The minimum atomic E-state index is 0. The molecule has 22 heavy (non-hydrogen) atoms. The summed E-state index contributed by atoms with van der Waals surface area (Å²) in [5.74, 6) is 2.96. The van der Waals surface area contributed by atoms with Crippen molar-refractivity contribution < 1.29 is 16.9 Å². The van der Waals surface area contributed by atoms with Gasteiger partial charge in [0.25, 0.3) is 0 Å². The second-order valence-electron chi connectivity index (χ2n) is 6.43. The molecule has 0 aromatic rings. The van der Waals surface area contributed by atoms with Crippen molar-refractivity contribution in [1.29, 1.82) is 0 Å². The number of terminal acetylenes is 1. The van der Waals surface area contributed by atoms with Crippen molar-refractivity contribution in [1.82, 2.24) is 0 Å². The molecular weight excluding hydrogens is 405 g/mol. The van der Waals surface area contributed by atoms with E-state index in [2.05, 4.69) is 49.3 Å². The highest BCUT2D eigenvalue weighted by atomic mass is 127. The molecule has 0 amide bonds. The van der Waals surface area contributed by atoms with E-state index in [4.69, 9.17) is 6.42 Å². The number of nitrogens with zero attached hydrogens (tertiary/aromatic N) is 1. The molecule has 1 atom stereocenters. The fraction of sp³-hybridized carbons (Fsp3) is 0.895. The average molecular weight is 442 g/mol. The Balaban J connectivity index is 0. The highest BCUT2D eigenvalue weighted by Gasteiger charge is 2.30. The molecule has 0 bridgehead atoms. The molecule has 0 aliphatic carbocycles. The lowest BCUT2D eigenvalue weighted by molar-refractivity contribution is -0.926. The molecule has 0 saturated carbocycles. The molecule has 0 spiro atoms. The summed E-state index contributed by atoms with van der Waals surface area (Å²) in [6.07, 6.45) is 19.3. The standard InChI is InChI=1S/C19H37IN.ClH/c1-5-8-10-12-14-17-21(16-7-3,19(4)20)18-15-13-11-9-6-2;/h3,19H,5-6,8-18H2,1-2,4H3;1H/q+1;/p-1. The van der Waals surface area contributed by atoms with Crippen molar-refractivity contribution in [3.05, 3.63) is 0 Å². The summed E-state index contributed by atoms with van der Waals surface area (Å²) < 4.78 is 1.76. The van der Waals surface area contributed by atoms with Gasteiger partial charge in [-0.05, 0) is 61.1 Å². The highest BCUT2D eigenvalue weighted by Crippen LogP contribution is 2.23. The Morgan fingerprint density at radius 2 is 1.27 bits per heavy atom. The van der Waals surface area contributed by atoms with E-state index in [1.54, 1.807) is 0 Å². The average Bonchev–Trinajstić information content (AvgIpc) is 2.46. The molecule has 0 heterocycles. The van der Waals surface area contributed by atoms with E-state index in [9.17, 15) is 0 Å². The Hall–Kier alpha value is 0.540. The minimum Gasteiger partial charge on any atom is -1.00 e. The van der Waals surface area contributed by atoms with E-state index in [-0.39, 0.29) is 12.4 Å². The summed E-state index contributed by atoms with van der Waals surface area (Å²) in [7, 11) is 0. The lowest BCUT2D eigenvalue weighted by Crippen LogP contribution is -3.00. The molecule has 0 rings (SSSR count). The van der Waals surface area contributed by atoms with Crippen LogP contribution in [0.15, 0.2) is 0 Å². The van der Waals surface area contributed by atoms with E-state index < -0.39 is 0 Å². The number of halogens is 2. The van der Waals surface area contributed by atoms with Crippen LogP contribution in [0.5, 0.6) is 0 Å². The zero-order valence-corrected chi connectivity index (χ0v) is 18.0. The quantitative estimate of drug-likeness (QED) is 0.0970. The van der Waals surface area contributed by atoms with Gasteiger partial charge in [-0.1, -0.05) is 52.4 Å². The number of rotatable bonds is 14. The van der Waals surface area contributed by atoms with Crippen molar-refractivity contribution in [2.45, 2.75) is 89.0 Å². The largest absolute Gasteiger partial charge is 1.00 e. The van der Waals surface area contributed by atoms with Gasteiger partial charge in [-0.2, -0.15) is 0 Å². The van der Waals surface area contributed by atoms with Gasteiger partial charge in [-0.15, -0.1) is 6.42 Å². The Morgan fingerprint density at radius 1 is 0.864 bits per heavy atom. The molecule has 1 unspecified atom stereocenters. The number of quaternary nitrogens is 1. The molecular formula is C19H37ClIN.